The van der Waals surface area contributed by atoms with E-state index >= 15 is 0 Å². The van der Waals surface area contributed by atoms with Crippen LogP contribution in [-0.2, 0) is 6.54 Å². The first-order valence-electron chi connectivity index (χ1n) is 6.31. The zero-order valence-corrected chi connectivity index (χ0v) is 11.3. The highest BCUT2D eigenvalue weighted by atomic mass is 19.1. The van der Waals surface area contributed by atoms with Gasteiger partial charge in [0.15, 0.2) is 0 Å². The Labute approximate surface area is 116 Å². The van der Waals surface area contributed by atoms with Gasteiger partial charge >= 0.3 is 0 Å². The van der Waals surface area contributed by atoms with Gasteiger partial charge in [0.1, 0.15) is 17.4 Å². The van der Waals surface area contributed by atoms with E-state index in [1.54, 1.807) is 19.1 Å². The molecule has 0 radical (unpaired) electrons. The van der Waals surface area contributed by atoms with Crippen molar-refractivity contribution in [2.24, 2.45) is 0 Å². The predicted molar refractivity (Wildman–Crippen MR) is 72.3 cm³/mol. The molecule has 0 fully saturated rings. The van der Waals surface area contributed by atoms with Crippen molar-refractivity contribution >= 4 is 0 Å². The second-order valence-electron chi connectivity index (χ2n) is 4.69. The van der Waals surface area contributed by atoms with Gasteiger partial charge in [-0.15, -0.1) is 0 Å². The standard InChI is InChI=1S/C15H16F2N2O/c1-9-3-6-15(20)14(19-9)8-18-10(2)12-7-11(16)4-5-13(12)17/h3-7,10,18,20H,8H2,1-2H3. The first-order chi connectivity index (χ1) is 9.47. The number of pyridine rings is 1. The number of aryl methyl sites for hydroxylation is 1. The van der Waals surface area contributed by atoms with E-state index in [1.807, 2.05) is 6.92 Å². The Morgan fingerprint density at radius 2 is 2.00 bits per heavy atom. The van der Waals surface area contributed by atoms with E-state index in [1.165, 1.54) is 0 Å². The van der Waals surface area contributed by atoms with Crippen LogP contribution in [0.15, 0.2) is 30.3 Å². The van der Waals surface area contributed by atoms with E-state index in [0.29, 0.717) is 5.69 Å². The quantitative estimate of drug-likeness (QED) is 0.902. The number of rotatable bonds is 4. The molecular weight excluding hydrogens is 262 g/mol. The Bertz CT molecular complexity index is 617. The summed E-state index contributed by atoms with van der Waals surface area (Å²) in [6, 6.07) is 6.22. The van der Waals surface area contributed by atoms with Crippen molar-refractivity contribution in [3.05, 3.63) is 58.9 Å². The van der Waals surface area contributed by atoms with Gasteiger partial charge < -0.3 is 10.4 Å². The average molecular weight is 278 g/mol. The molecule has 0 aliphatic heterocycles. The zero-order valence-electron chi connectivity index (χ0n) is 11.3. The van der Waals surface area contributed by atoms with Crippen LogP contribution in [-0.4, -0.2) is 10.1 Å². The second-order valence-corrected chi connectivity index (χ2v) is 4.69. The summed E-state index contributed by atoms with van der Waals surface area (Å²) in [6.45, 7) is 3.81. The van der Waals surface area contributed by atoms with Crippen LogP contribution in [0, 0.1) is 18.6 Å². The van der Waals surface area contributed by atoms with Crippen molar-refractivity contribution in [3.63, 3.8) is 0 Å². The fraction of sp³-hybridized carbons (Fsp3) is 0.267. The topological polar surface area (TPSA) is 45.1 Å². The summed E-state index contributed by atoms with van der Waals surface area (Å²) in [5.41, 5.74) is 1.51. The van der Waals surface area contributed by atoms with E-state index in [4.69, 9.17) is 0 Å². The molecule has 3 nitrogen and oxygen atoms in total. The lowest BCUT2D eigenvalue weighted by atomic mass is 10.1. The first-order valence-corrected chi connectivity index (χ1v) is 6.31. The van der Waals surface area contributed by atoms with Crippen molar-refractivity contribution in [2.75, 3.05) is 0 Å². The smallest absolute Gasteiger partial charge is 0.138 e. The molecule has 2 aromatic rings. The molecular formula is C15H16F2N2O. The number of halogens is 2. The highest BCUT2D eigenvalue weighted by Gasteiger charge is 2.13. The van der Waals surface area contributed by atoms with E-state index in [2.05, 4.69) is 10.3 Å². The number of nitrogens with one attached hydrogen (secondary N) is 1. The van der Waals surface area contributed by atoms with Crippen LogP contribution < -0.4 is 5.32 Å². The minimum atomic E-state index is -0.480. The maximum atomic E-state index is 13.6. The zero-order chi connectivity index (χ0) is 14.7. The summed E-state index contributed by atoms with van der Waals surface area (Å²) in [7, 11) is 0. The summed E-state index contributed by atoms with van der Waals surface area (Å²) in [6.07, 6.45) is 0. The van der Waals surface area contributed by atoms with E-state index in [0.717, 1.165) is 23.9 Å². The minimum Gasteiger partial charge on any atom is -0.506 e. The number of benzene rings is 1. The van der Waals surface area contributed by atoms with Crippen molar-refractivity contribution < 1.29 is 13.9 Å². The van der Waals surface area contributed by atoms with Crippen LogP contribution in [0.25, 0.3) is 0 Å². The van der Waals surface area contributed by atoms with Gasteiger partial charge in [-0.2, -0.15) is 0 Å². The van der Waals surface area contributed by atoms with Gasteiger partial charge in [-0.1, -0.05) is 0 Å². The molecule has 20 heavy (non-hydrogen) atoms. The minimum absolute atomic E-state index is 0.0787. The Hall–Kier alpha value is -2.01. The molecule has 0 spiro atoms. The molecule has 1 unspecified atom stereocenters. The highest BCUT2D eigenvalue weighted by molar-refractivity contribution is 5.28. The summed E-state index contributed by atoms with van der Waals surface area (Å²) >= 11 is 0. The van der Waals surface area contributed by atoms with Gasteiger partial charge in [0.05, 0.1) is 5.69 Å². The summed E-state index contributed by atoms with van der Waals surface area (Å²) in [4.78, 5) is 4.20. The van der Waals surface area contributed by atoms with Crippen molar-refractivity contribution in [3.8, 4) is 5.75 Å². The van der Waals surface area contributed by atoms with Crippen LogP contribution in [0.1, 0.15) is 29.9 Å². The van der Waals surface area contributed by atoms with E-state index in [-0.39, 0.29) is 17.9 Å². The number of aromatic hydroxyl groups is 1. The maximum Gasteiger partial charge on any atom is 0.138 e. The molecule has 0 aliphatic carbocycles. The number of hydrogen-bond donors (Lipinski definition) is 2. The molecule has 1 aromatic carbocycles. The molecule has 0 amide bonds. The highest BCUT2D eigenvalue weighted by Crippen LogP contribution is 2.20. The van der Waals surface area contributed by atoms with Crippen LogP contribution >= 0.6 is 0 Å². The van der Waals surface area contributed by atoms with Gasteiger partial charge in [0.25, 0.3) is 0 Å². The molecule has 1 heterocycles. The van der Waals surface area contributed by atoms with Gasteiger partial charge in [0, 0.05) is 23.8 Å². The molecule has 106 valence electrons. The SMILES string of the molecule is Cc1ccc(O)c(CNC(C)c2cc(F)ccc2F)n1. The van der Waals surface area contributed by atoms with Crippen LogP contribution in [0.2, 0.25) is 0 Å². The monoisotopic (exact) mass is 278 g/mol. The third kappa shape index (κ3) is 3.30. The lowest BCUT2D eigenvalue weighted by molar-refractivity contribution is 0.451. The number of aromatic nitrogens is 1. The van der Waals surface area contributed by atoms with Crippen LogP contribution in [0.4, 0.5) is 8.78 Å². The third-order valence-corrected chi connectivity index (χ3v) is 3.09. The van der Waals surface area contributed by atoms with E-state index < -0.39 is 17.7 Å². The van der Waals surface area contributed by atoms with Gasteiger partial charge in [-0.25, -0.2) is 8.78 Å². The lowest BCUT2D eigenvalue weighted by Crippen LogP contribution is -2.20. The number of hydrogen-bond acceptors (Lipinski definition) is 3. The molecule has 0 bridgehead atoms. The lowest BCUT2D eigenvalue weighted by Gasteiger charge is -2.15. The predicted octanol–water partition coefficient (Wildman–Crippen LogP) is 3.22. The normalized spacial score (nSPS) is 12.4. The molecule has 0 aliphatic rings. The second kappa shape index (κ2) is 5.96. The summed E-state index contributed by atoms with van der Waals surface area (Å²) in [5, 5.41) is 12.7. The van der Waals surface area contributed by atoms with Crippen molar-refractivity contribution in [1.29, 1.82) is 0 Å². The molecule has 1 atom stereocenters. The Morgan fingerprint density at radius 3 is 2.75 bits per heavy atom. The fourth-order valence-corrected chi connectivity index (χ4v) is 1.94. The maximum absolute atomic E-state index is 13.6. The Kier molecular flexibility index (Phi) is 4.29. The van der Waals surface area contributed by atoms with Crippen molar-refractivity contribution in [1.82, 2.24) is 10.3 Å². The summed E-state index contributed by atoms with van der Waals surface area (Å²) in [5.74, 6) is -0.866. The fourth-order valence-electron chi connectivity index (χ4n) is 1.94. The van der Waals surface area contributed by atoms with Crippen LogP contribution in [0.3, 0.4) is 0 Å². The molecule has 1 aromatic heterocycles. The molecule has 2 N–H and O–H groups in total. The number of nitrogens with zero attached hydrogens (tertiary/aromatic N) is 1. The summed E-state index contributed by atoms with van der Waals surface area (Å²) < 4.78 is 26.8. The molecule has 2 rings (SSSR count). The first kappa shape index (κ1) is 14.4. The van der Waals surface area contributed by atoms with Gasteiger partial charge in [0.2, 0.25) is 0 Å². The largest absolute Gasteiger partial charge is 0.506 e. The molecule has 5 heteroatoms. The Morgan fingerprint density at radius 1 is 1.25 bits per heavy atom. The Balaban J connectivity index is 2.10. The van der Waals surface area contributed by atoms with Crippen molar-refractivity contribution in [2.45, 2.75) is 26.4 Å². The van der Waals surface area contributed by atoms with Gasteiger partial charge in [-0.05, 0) is 44.2 Å². The van der Waals surface area contributed by atoms with Gasteiger partial charge in [-0.3, -0.25) is 4.98 Å². The molecule has 0 saturated carbocycles. The average Bonchev–Trinajstić information content (AvgIpc) is 2.42. The van der Waals surface area contributed by atoms with Crippen LogP contribution in [0.5, 0.6) is 5.75 Å². The molecule has 0 saturated heterocycles. The third-order valence-electron chi connectivity index (χ3n) is 3.09. The van der Waals surface area contributed by atoms with E-state index in [9.17, 15) is 13.9 Å².